The van der Waals surface area contributed by atoms with E-state index in [2.05, 4.69) is 0 Å². The molecule has 0 aromatic heterocycles. The van der Waals surface area contributed by atoms with Crippen LogP contribution in [-0.4, -0.2) is 71.9 Å². The van der Waals surface area contributed by atoms with E-state index in [4.69, 9.17) is 5.73 Å². The van der Waals surface area contributed by atoms with Crippen molar-refractivity contribution in [2.24, 2.45) is 11.7 Å². The van der Waals surface area contributed by atoms with E-state index in [0.29, 0.717) is 13.1 Å². The maximum Gasteiger partial charge on any atom is 0.320 e. The highest BCUT2D eigenvalue weighted by atomic mass is 35.5. The lowest BCUT2D eigenvalue weighted by Crippen LogP contribution is -2.54. The first-order chi connectivity index (χ1) is 11.2. The molecule has 3 saturated heterocycles. The van der Waals surface area contributed by atoms with E-state index in [1.54, 1.807) is 0 Å². The zero-order valence-electron chi connectivity index (χ0n) is 14.5. The summed E-state index contributed by atoms with van der Waals surface area (Å²) in [5, 5.41) is 0. The van der Waals surface area contributed by atoms with Crippen LogP contribution < -0.4 is 5.73 Å². The van der Waals surface area contributed by atoms with E-state index >= 15 is 0 Å². The lowest BCUT2D eigenvalue weighted by molar-refractivity contribution is -0.140. The van der Waals surface area contributed by atoms with Crippen LogP contribution in [0.5, 0.6) is 0 Å². The Balaban J connectivity index is 0.00000208. The molecule has 0 spiro atoms. The van der Waals surface area contributed by atoms with Gasteiger partial charge in [0.05, 0.1) is 5.92 Å². The molecule has 7 heteroatoms. The number of amides is 3. The van der Waals surface area contributed by atoms with Gasteiger partial charge in [-0.1, -0.05) is 0 Å². The number of halogens is 1. The van der Waals surface area contributed by atoms with Crippen LogP contribution in [0.15, 0.2) is 0 Å². The maximum absolute atomic E-state index is 12.9. The Kier molecular flexibility index (Phi) is 7.16. The van der Waals surface area contributed by atoms with Gasteiger partial charge in [0.25, 0.3) is 0 Å². The van der Waals surface area contributed by atoms with Crippen molar-refractivity contribution >= 4 is 24.3 Å². The number of carbonyl (C=O) groups excluding carboxylic acids is 2. The van der Waals surface area contributed by atoms with Gasteiger partial charge in [0.15, 0.2) is 0 Å². The van der Waals surface area contributed by atoms with Gasteiger partial charge in [0.2, 0.25) is 5.91 Å². The number of piperidine rings is 2. The Morgan fingerprint density at radius 3 is 2.25 bits per heavy atom. The average molecular weight is 359 g/mol. The van der Waals surface area contributed by atoms with E-state index in [1.807, 2.05) is 14.7 Å². The monoisotopic (exact) mass is 358 g/mol. The van der Waals surface area contributed by atoms with Crippen LogP contribution in [0.3, 0.4) is 0 Å². The molecule has 2 N–H and O–H groups in total. The lowest BCUT2D eigenvalue weighted by atomic mass is 9.93. The molecular weight excluding hydrogens is 328 g/mol. The summed E-state index contributed by atoms with van der Waals surface area (Å²) in [5.74, 6) is 0.182. The molecule has 6 nitrogen and oxygen atoms in total. The number of hydrogen-bond acceptors (Lipinski definition) is 3. The molecule has 0 radical (unpaired) electrons. The van der Waals surface area contributed by atoms with Gasteiger partial charge in [-0.3, -0.25) is 4.79 Å². The van der Waals surface area contributed by atoms with E-state index in [1.165, 1.54) is 0 Å². The number of nitrogens with zero attached hydrogens (tertiary/aromatic N) is 3. The molecule has 3 aliphatic rings. The molecule has 0 bridgehead atoms. The molecule has 3 fully saturated rings. The number of carbonyl (C=O) groups is 2. The van der Waals surface area contributed by atoms with Crippen LogP contribution >= 0.6 is 12.4 Å². The van der Waals surface area contributed by atoms with Crippen molar-refractivity contribution in [3.63, 3.8) is 0 Å². The molecule has 0 aliphatic carbocycles. The van der Waals surface area contributed by atoms with Crippen LogP contribution in [0, 0.1) is 5.92 Å². The Morgan fingerprint density at radius 1 is 0.875 bits per heavy atom. The first-order valence-electron chi connectivity index (χ1n) is 9.25. The number of likely N-dealkylation sites (tertiary alicyclic amines) is 3. The van der Waals surface area contributed by atoms with E-state index < -0.39 is 0 Å². The number of nitrogens with two attached hydrogens (primary N) is 1. The molecule has 24 heavy (non-hydrogen) atoms. The van der Waals surface area contributed by atoms with Gasteiger partial charge < -0.3 is 20.4 Å². The van der Waals surface area contributed by atoms with E-state index in [-0.39, 0.29) is 36.3 Å². The molecule has 3 rings (SSSR count). The maximum atomic E-state index is 12.9. The topological polar surface area (TPSA) is 69.9 Å². The summed E-state index contributed by atoms with van der Waals surface area (Å²) in [7, 11) is 0. The first kappa shape index (κ1) is 19.3. The summed E-state index contributed by atoms with van der Waals surface area (Å²) in [6.07, 6.45) is 7.29. The fourth-order valence-electron chi connectivity index (χ4n) is 4.23. The summed E-state index contributed by atoms with van der Waals surface area (Å²) in [6, 6.07) is 0.329. The third-order valence-corrected chi connectivity index (χ3v) is 5.60. The molecule has 0 aromatic rings. The minimum atomic E-state index is -0.0394. The molecule has 0 aromatic carbocycles. The van der Waals surface area contributed by atoms with Gasteiger partial charge >= 0.3 is 6.03 Å². The molecule has 0 saturated carbocycles. The molecule has 3 heterocycles. The molecule has 3 amide bonds. The summed E-state index contributed by atoms with van der Waals surface area (Å²) in [6.45, 7) is 4.50. The summed E-state index contributed by atoms with van der Waals surface area (Å²) in [5.41, 5.74) is 5.85. The summed E-state index contributed by atoms with van der Waals surface area (Å²) >= 11 is 0. The highest BCUT2D eigenvalue weighted by Crippen LogP contribution is 2.25. The zero-order valence-corrected chi connectivity index (χ0v) is 15.3. The minimum Gasteiger partial charge on any atom is -0.338 e. The van der Waals surface area contributed by atoms with E-state index in [0.717, 1.165) is 71.1 Å². The summed E-state index contributed by atoms with van der Waals surface area (Å²) in [4.78, 5) is 31.3. The van der Waals surface area contributed by atoms with Crippen LogP contribution in [0.4, 0.5) is 4.79 Å². The van der Waals surface area contributed by atoms with E-state index in [9.17, 15) is 9.59 Å². The van der Waals surface area contributed by atoms with Crippen LogP contribution in [0.2, 0.25) is 0 Å². The molecule has 3 aliphatic heterocycles. The second kappa shape index (κ2) is 8.90. The van der Waals surface area contributed by atoms with Crippen LogP contribution in [-0.2, 0) is 4.79 Å². The normalized spacial score (nSPS) is 27.8. The summed E-state index contributed by atoms with van der Waals surface area (Å²) < 4.78 is 0. The van der Waals surface area contributed by atoms with Crippen molar-refractivity contribution in [2.45, 2.75) is 51.0 Å². The number of hydrogen-bond donors (Lipinski definition) is 1. The third-order valence-electron chi connectivity index (χ3n) is 5.60. The average Bonchev–Trinajstić information content (AvgIpc) is 3.15. The second-order valence-corrected chi connectivity index (χ2v) is 7.18. The smallest absolute Gasteiger partial charge is 0.320 e. The zero-order chi connectivity index (χ0) is 16.2. The van der Waals surface area contributed by atoms with Crippen LogP contribution in [0.1, 0.15) is 44.9 Å². The molecule has 2 atom stereocenters. The number of rotatable bonds is 2. The van der Waals surface area contributed by atoms with Crippen molar-refractivity contribution in [3.8, 4) is 0 Å². The van der Waals surface area contributed by atoms with Gasteiger partial charge in [-0.25, -0.2) is 4.79 Å². The van der Waals surface area contributed by atoms with Gasteiger partial charge in [-0.2, -0.15) is 0 Å². The largest absolute Gasteiger partial charge is 0.338 e. The Morgan fingerprint density at radius 2 is 1.54 bits per heavy atom. The Hall–Kier alpha value is -1.01. The quantitative estimate of drug-likeness (QED) is 0.816. The molecule has 138 valence electrons. The van der Waals surface area contributed by atoms with Gasteiger partial charge in [-0.05, 0) is 44.9 Å². The number of urea groups is 1. The van der Waals surface area contributed by atoms with Gasteiger partial charge in [-0.15, -0.1) is 12.4 Å². The van der Waals surface area contributed by atoms with Gasteiger partial charge in [0.1, 0.15) is 0 Å². The molecular formula is C17H31ClN4O2. The Labute approximate surface area is 151 Å². The van der Waals surface area contributed by atoms with Crippen molar-refractivity contribution in [1.29, 1.82) is 0 Å². The SMILES string of the molecule is Cl.NCC1CCCCN1C(=O)C1CCCN(C(=O)N2CCCC2)C1. The fraction of sp³-hybridized carbons (Fsp3) is 0.882. The van der Waals surface area contributed by atoms with Crippen molar-refractivity contribution in [1.82, 2.24) is 14.7 Å². The first-order valence-corrected chi connectivity index (χ1v) is 9.25. The van der Waals surface area contributed by atoms with Gasteiger partial charge in [0, 0.05) is 45.3 Å². The highest BCUT2D eigenvalue weighted by Gasteiger charge is 2.35. The van der Waals surface area contributed by atoms with Crippen LogP contribution in [0.25, 0.3) is 0 Å². The Bertz CT molecular complexity index is 442. The lowest BCUT2D eigenvalue weighted by Gasteiger charge is -2.40. The van der Waals surface area contributed by atoms with Crippen molar-refractivity contribution < 1.29 is 9.59 Å². The van der Waals surface area contributed by atoms with Crippen molar-refractivity contribution in [2.75, 3.05) is 39.3 Å². The molecule has 2 unspecified atom stereocenters. The highest BCUT2D eigenvalue weighted by molar-refractivity contribution is 5.85. The standard InChI is InChI=1S/C17H30N4O2.ClH/c18-12-15-7-1-2-11-21(15)16(22)14-6-5-10-20(13-14)17(23)19-8-3-4-9-19;/h14-15H,1-13,18H2;1H. The third kappa shape index (κ3) is 4.14. The predicted molar refractivity (Wildman–Crippen MR) is 96.2 cm³/mol. The second-order valence-electron chi connectivity index (χ2n) is 7.18. The van der Waals surface area contributed by atoms with Crippen molar-refractivity contribution in [3.05, 3.63) is 0 Å². The minimum absolute atomic E-state index is 0. The fourth-order valence-corrected chi connectivity index (χ4v) is 4.23. The predicted octanol–water partition coefficient (Wildman–Crippen LogP) is 1.68.